The lowest BCUT2D eigenvalue weighted by Gasteiger charge is -2.05. The third-order valence-corrected chi connectivity index (χ3v) is 2.40. The largest absolute Gasteiger partial charge is 0.487 e. The molecule has 0 aliphatic carbocycles. The average Bonchev–Trinajstić information content (AvgIpc) is 2.62. The number of amides is 2. The van der Waals surface area contributed by atoms with Gasteiger partial charge in [0.05, 0.1) is 12.2 Å². The van der Waals surface area contributed by atoms with Gasteiger partial charge in [0.15, 0.2) is 5.76 Å². The van der Waals surface area contributed by atoms with Crippen LogP contribution in [0.15, 0.2) is 36.1 Å². The van der Waals surface area contributed by atoms with Gasteiger partial charge in [0, 0.05) is 0 Å². The van der Waals surface area contributed by atoms with E-state index in [1.807, 2.05) is 25.1 Å². The number of hydrogen-bond acceptors (Lipinski definition) is 3. The first-order chi connectivity index (χ1) is 8.24. The lowest BCUT2D eigenvalue weighted by Crippen LogP contribution is -2.23. The molecular formula is C13H13NO3. The van der Waals surface area contributed by atoms with Crippen LogP contribution in [0.2, 0.25) is 0 Å². The molecule has 0 spiro atoms. The first kappa shape index (κ1) is 11.4. The summed E-state index contributed by atoms with van der Waals surface area (Å²) in [6.07, 6.45) is 0.785. The van der Waals surface area contributed by atoms with E-state index in [-0.39, 0.29) is 5.76 Å². The van der Waals surface area contributed by atoms with E-state index in [0.717, 1.165) is 6.42 Å². The van der Waals surface area contributed by atoms with E-state index in [2.05, 4.69) is 5.32 Å². The van der Waals surface area contributed by atoms with Crippen LogP contribution in [-0.2, 0) is 14.3 Å². The Kier molecular flexibility index (Phi) is 3.23. The van der Waals surface area contributed by atoms with Crippen molar-refractivity contribution in [2.24, 2.45) is 0 Å². The van der Waals surface area contributed by atoms with Crippen molar-refractivity contribution in [3.8, 4) is 0 Å². The highest BCUT2D eigenvalue weighted by molar-refractivity contribution is 6.35. The van der Waals surface area contributed by atoms with Crippen molar-refractivity contribution in [1.29, 1.82) is 0 Å². The normalized spacial score (nSPS) is 15.1. The topological polar surface area (TPSA) is 55.4 Å². The Hall–Kier alpha value is -2.10. The molecule has 0 atom stereocenters. The van der Waals surface area contributed by atoms with Crippen LogP contribution in [0.25, 0.3) is 5.57 Å². The quantitative estimate of drug-likeness (QED) is 0.798. The fourth-order valence-corrected chi connectivity index (χ4v) is 1.65. The highest BCUT2D eigenvalue weighted by Gasteiger charge is 2.32. The first-order valence-electron chi connectivity index (χ1n) is 5.52. The fourth-order valence-electron chi connectivity index (χ4n) is 1.65. The molecule has 2 amide bonds. The van der Waals surface area contributed by atoms with Gasteiger partial charge in [0.2, 0.25) is 0 Å². The molecule has 0 saturated heterocycles. The standard InChI is InChI=1S/C13H13NO3/c1-2-8-17-11-10(12(15)14-13(11)16)9-6-4-3-5-7-9/h3-7H,2,8H2,1H3,(H,14,15,16). The average molecular weight is 231 g/mol. The molecule has 1 aliphatic heterocycles. The molecule has 1 N–H and O–H groups in total. The van der Waals surface area contributed by atoms with Gasteiger partial charge in [0.1, 0.15) is 0 Å². The number of benzene rings is 1. The van der Waals surface area contributed by atoms with Gasteiger partial charge in [-0.25, -0.2) is 0 Å². The van der Waals surface area contributed by atoms with E-state index >= 15 is 0 Å². The van der Waals surface area contributed by atoms with E-state index < -0.39 is 11.8 Å². The Morgan fingerprint density at radius 2 is 1.82 bits per heavy atom. The van der Waals surface area contributed by atoms with Crippen molar-refractivity contribution in [3.63, 3.8) is 0 Å². The second kappa shape index (κ2) is 4.82. The molecule has 4 heteroatoms. The predicted octanol–water partition coefficient (Wildman–Crippen LogP) is 1.48. The molecule has 1 aliphatic rings. The Morgan fingerprint density at radius 1 is 1.12 bits per heavy atom. The molecule has 1 heterocycles. The van der Waals surface area contributed by atoms with E-state index in [0.29, 0.717) is 17.7 Å². The molecular weight excluding hydrogens is 218 g/mol. The van der Waals surface area contributed by atoms with Gasteiger partial charge >= 0.3 is 0 Å². The van der Waals surface area contributed by atoms with Crippen LogP contribution >= 0.6 is 0 Å². The van der Waals surface area contributed by atoms with Crippen LogP contribution in [0, 0.1) is 0 Å². The van der Waals surface area contributed by atoms with Crippen molar-refractivity contribution in [1.82, 2.24) is 5.32 Å². The molecule has 0 fully saturated rings. The maximum atomic E-state index is 11.7. The smallest absolute Gasteiger partial charge is 0.294 e. The second-order valence-electron chi connectivity index (χ2n) is 3.70. The number of hydrogen-bond donors (Lipinski definition) is 1. The summed E-state index contributed by atoms with van der Waals surface area (Å²) in [5.74, 6) is -0.724. The highest BCUT2D eigenvalue weighted by Crippen LogP contribution is 2.24. The number of imide groups is 1. The van der Waals surface area contributed by atoms with Crippen molar-refractivity contribution in [2.45, 2.75) is 13.3 Å². The molecule has 1 aromatic carbocycles. The van der Waals surface area contributed by atoms with E-state index in [1.54, 1.807) is 12.1 Å². The van der Waals surface area contributed by atoms with Gasteiger partial charge in [0.25, 0.3) is 11.8 Å². The van der Waals surface area contributed by atoms with Crippen LogP contribution in [0.5, 0.6) is 0 Å². The van der Waals surface area contributed by atoms with Crippen molar-refractivity contribution < 1.29 is 14.3 Å². The lowest BCUT2D eigenvalue weighted by atomic mass is 10.1. The maximum absolute atomic E-state index is 11.7. The molecule has 4 nitrogen and oxygen atoms in total. The van der Waals surface area contributed by atoms with Crippen LogP contribution < -0.4 is 5.32 Å². The van der Waals surface area contributed by atoms with Gasteiger partial charge in [-0.2, -0.15) is 0 Å². The van der Waals surface area contributed by atoms with Gasteiger partial charge in [-0.15, -0.1) is 0 Å². The molecule has 2 rings (SSSR count). The Balaban J connectivity index is 2.41. The Labute approximate surface area is 99.3 Å². The molecule has 17 heavy (non-hydrogen) atoms. The molecule has 0 unspecified atom stereocenters. The SMILES string of the molecule is CCCOC1=C(c2ccccc2)C(=O)NC1=O. The zero-order valence-electron chi connectivity index (χ0n) is 9.53. The number of carbonyl (C=O) groups excluding carboxylic acids is 2. The lowest BCUT2D eigenvalue weighted by molar-refractivity contribution is -0.125. The van der Waals surface area contributed by atoms with E-state index in [4.69, 9.17) is 4.74 Å². The molecule has 0 aromatic heterocycles. The van der Waals surface area contributed by atoms with Gasteiger partial charge < -0.3 is 4.74 Å². The summed E-state index contributed by atoms with van der Waals surface area (Å²) in [5, 5.41) is 2.25. The summed E-state index contributed by atoms with van der Waals surface area (Å²) in [4.78, 5) is 23.2. The minimum Gasteiger partial charge on any atom is -0.487 e. The molecule has 0 saturated carbocycles. The van der Waals surface area contributed by atoms with E-state index in [1.165, 1.54) is 0 Å². The number of rotatable bonds is 4. The summed E-state index contributed by atoms with van der Waals surface area (Å²) in [5.41, 5.74) is 1.02. The summed E-state index contributed by atoms with van der Waals surface area (Å²) in [6, 6.07) is 9.04. The first-order valence-corrected chi connectivity index (χ1v) is 5.52. The van der Waals surface area contributed by atoms with Gasteiger partial charge in [-0.3, -0.25) is 14.9 Å². The second-order valence-corrected chi connectivity index (χ2v) is 3.70. The maximum Gasteiger partial charge on any atom is 0.294 e. The minimum atomic E-state index is -0.456. The summed E-state index contributed by atoms with van der Waals surface area (Å²) < 4.78 is 5.35. The summed E-state index contributed by atoms with van der Waals surface area (Å²) >= 11 is 0. The van der Waals surface area contributed by atoms with Crippen molar-refractivity contribution >= 4 is 17.4 Å². The molecule has 1 aromatic rings. The number of nitrogens with one attached hydrogen (secondary N) is 1. The number of carbonyl (C=O) groups is 2. The third-order valence-electron chi connectivity index (χ3n) is 2.40. The zero-order valence-corrected chi connectivity index (χ0v) is 9.53. The highest BCUT2D eigenvalue weighted by atomic mass is 16.5. The van der Waals surface area contributed by atoms with Crippen LogP contribution in [0.4, 0.5) is 0 Å². The zero-order chi connectivity index (χ0) is 12.3. The van der Waals surface area contributed by atoms with E-state index in [9.17, 15) is 9.59 Å². The van der Waals surface area contributed by atoms with Crippen LogP contribution in [0.1, 0.15) is 18.9 Å². The van der Waals surface area contributed by atoms with Crippen LogP contribution in [-0.4, -0.2) is 18.4 Å². The molecule has 0 radical (unpaired) electrons. The monoisotopic (exact) mass is 231 g/mol. The van der Waals surface area contributed by atoms with Gasteiger partial charge in [-0.1, -0.05) is 37.3 Å². The Bertz CT molecular complexity index is 477. The predicted molar refractivity (Wildman–Crippen MR) is 62.8 cm³/mol. The molecule has 88 valence electrons. The minimum absolute atomic E-state index is 0.128. The van der Waals surface area contributed by atoms with Crippen molar-refractivity contribution in [2.75, 3.05) is 6.61 Å². The number of ether oxygens (including phenoxy) is 1. The third kappa shape index (κ3) is 2.20. The summed E-state index contributed by atoms with van der Waals surface area (Å²) in [7, 11) is 0. The van der Waals surface area contributed by atoms with Gasteiger partial charge in [-0.05, 0) is 12.0 Å². The molecule has 0 bridgehead atoms. The summed E-state index contributed by atoms with van der Waals surface area (Å²) in [6.45, 7) is 2.36. The van der Waals surface area contributed by atoms with Crippen molar-refractivity contribution in [3.05, 3.63) is 41.7 Å². The van der Waals surface area contributed by atoms with Crippen LogP contribution in [0.3, 0.4) is 0 Å². The fraction of sp³-hybridized carbons (Fsp3) is 0.231. The Morgan fingerprint density at radius 3 is 2.47 bits per heavy atom.